The van der Waals surface area contributed by atoms with Crippen molar-refractivity contribution in [3.8, 4) is 0 Å². The van der Waals surface area contributed by atoms with Crippen LogP contribution in [-0.4, -0.2) is 55.8 Å². The van der Waals surface area contributed by atoms with Gasteiger partial charge in [0.2, 0.25) is 0 Å². The summed E-state index contributed by atoms with van der Waals surface area (Å²) in [6.45, 7) is 6.99. The van der Waals surface area contributed by atoms with Crippen molar-refractivity contribution in [2.75, 3.05) is 31.1 Å². The largest absolute Gasteiger partial charge is 0.427 e. The van der Waals surface area contributed by atoms with Gasteiger partial charge in [0.15, 0.2) is 5.49 Å². The molecule has 0 radical (unpaired) electrons. The molecule has 10 heteroatoms. The Morgan fingerprint density at radius 1 is 1.21 bits per heavy atom. The standard InChI is InChI=1S/C24H31N7O3/c1-15-19-13-26-24(27-20-8-7-18(14-30(20)34)29-11-9-25-10-12-29)28-22(19)31(17-5-3-4-6-17)23(33)21(15)16(2)32/h7-8,13-14,16-17,25,32,34H,3-6,9-12H2,1-2H3/b27-20-. The van der Waals surface area contributed by atoms with Crippen LogP contribution in [0.5, 0.6) is 0 Å². The summed E-state index contributed by atoms with van der Waals surface area (Å²) < 4.78 is 2.70. The number of anilines is 1. The van der Waals surface area contributed by atoms with E-state index in [1.54, 1.807) is 30.0 Å². The van der Waals surface area contributed by atoms with E-state index in [2.05, 4.69) is 25.2 Å². The number of hydrogen-bond donors (Lipinski definition) is 3. The third-order valence-corrected chi connectivity index (χ3v) is 6.94. The van der Waals surface area contributed by atoms with Gasteiger partial charge in [-0.25, -0.2) is 4.98 Å². The second-order valence-corrected chi connectivity index (χ2v) is 9.17. The molecule has 3 aromatic rings. The maximum Gasteiger partial charge on any atom is 0.258 e. The number of aliphatic hydroxyl groups is 1. The fraction of sp³-hybridized carbons (Fsp3) is 0.500. The quantitative estimate of drug-likeness (QED) is 0.504. The Labute approximate surface area is 197 Å². The molecule has 1 saturated heterocycles. The molecule has 1 atom stereocenters. The predicted molar refractivity (Wildman–Crippen MR) is 129 cm³/mol. The number of rotatable bonds is 4. The Balaban J connectivity index is 1.61. The summed E-state index contributed by atoms with van der Waals surface area (Å²) in [7, 11) is 0. The fourth-order valence-corrected chi connectivity index (χ4v) is 5.16. The van der Waals surface area contributed by atoms with E-state index in [1.165, 1.54) is 0 Å². The van der Waals surface area contributed by atoms with Crippen LogP contribution in [0.3, 0.4) is 0 Å². The van der Waals surface area contributed by atoms with E-state index in [4.69, 9.17) is 0 Å². The summed E-state index contributed by atoms with van der Waals surface area (Å²) in [6, 6.07) is 3.69. The Hall–Kier alpha value is -3.24. The molecule has 0 aromatic carbocycles. The van der Waals surface area contributed by atoms with Gasteiger partial charge in [0.1, 0.15) is 5.65 Å². The first-order chi connectivity index (χ1) is 16.4. The highest BCUT2D eigenvalue weighted by atomic mass is 16.5. The topological polar surface area (TPSA) is 121 Å². The lowest BCUT2D eigenvalue weighted by atomic mass is 10.0. The first kappa shape index (κ1) is 22.5. The van der Waals surface area contributed by atoms with Gasteiger partial charge in [-0.2, -0.15) is 14.7 Å². The number of nitrogens with one attached hydrogen (secondary N) is 1. The normalized spacial score (nSPS) is 18.7. The second kappa shape index (κ2) is 9.19. The molecule has 4 heterocycles. The van der Waals surface area contributed by atoms with Gasteiger partial charge in [-0.1, -0.05) is 12.8 Å². The fourth-order valence-electron chi connectivity index (χ4n) is 5.16. The zero-order valence-corrected chi connectivity index (χ0v) is 19.6. The Bertz CT molecular complexity index is 1330. The van der Waals surface area contributed by atoms with Crippen molar-refractivity contribution >= 4 is 22.7 Å². The molecule has 0 amide bonds. The maximum atomic E-state index is 13.4. The van der Waals surface area contributed by atoms with Crippen LogP contribution in [0.2, 0.25) is 0 Å². The van der Waals surface area contributed by atoms with Gasteiger partial charge in [-0.15, -0.1) is 0 Å². The van der Waals surface area contributed by atoms with Crippen molar-refractivity contribution < 1.29 is 10.3 Å². The number of hydrogen-bond acceptors (Lipinski definition) is 8. The number of piperazine rings is 1. The molecule has 2 fully saturated rings. The van der Waals surface area contributed by atoms with Crippen molar-refractivity contribution in [1.82, 2.24) is 24.6 Å². The molecule has 1 aliphatic heterocycles. The Morgan fingerprint density at radius 3 is 2.62 bits per heavy atom. The molecule has 3 N–H and O–H groups in total. The summed E-state index contributed by atoms with van der Waals surface area (Å²) in [4.78, 5) is 29.1. The van der Waals surface area contributed by atoms with Crippen molar-refractivity contribution in [3.05, 3.63) is 51.5 Å². The number of aryl methyl sites for hydroxylation is 1. The van der Waals surface area contributed by atoms with E-state index in [9.17, 15) is 15.1 Å². The number of fused-ring (bicyclic) bond motifs is 1. The molecule has 5 rings (SSSR count). The van der Waals surface area contributed by atoms with Gasteiger partial charge in [0, 0.05) is 49.4 Å². The van der Waals surface area contributed by atoms with Gasteiger partial charge in [-0.05, 0) is 44.4 Å². The van der Waals surface area contributed by atoms with Gasteiger partial charge >= 0.3 is 0 Å². The smallest absolute Gasteiger partial charge is 0.258 e. The van der Waals surface area contributed by atoms with Crippen LogP contribution in [0.15, 0.2) is 34.3 Å². The van der Waals surface area contributed by atoms with Crippen LogP contribution in [0.25, 0.3) is 11.0 Å². The summed E-state index contributed by atoms with van der Waals surface area (Å²) >= 11 is 0. The zero-order valence-electron chi connectivity index (χ0n) is 19.6. The van der Waals surface area contributed by atoms with Crippen LogP contribution in [0, 0.1) is 6.92 Å². The molecule has 10 nitrogen and oxygen atoms in total. The van der Waals surface area contributed by atoms with Gasteiger partial charge in [0.05, 0.1) is 18.0 Å². The molecule has 1 saturated carbocycles. The summed E-state index contributed by atoms with van der Waals surface area (Å²) in [5, 5.41) is 24.9. The van der Waals surface area contributed by atoms with E-state index in [0.717, 1.165) is 67.7 Å². The molecular formula is C24H31N7O3. The third-order valence-electron chi connectivity index (χ3n) is 6.94. The summed E-state index contributed by atoms with van der Waals surface area (Å²) in [5.41, 5.74) is 2.62. The van der Waals surface area contributed by atoms with Crippen LogP contribution < -0.4 is 21.3 Å². The minimum Gasteiger partial charge on any atom is -0.427 e. The van der Waals surface area contributed by atoms with Crippen molar-refractivity contribution in [1.29, 1.82) is 0 Å². The highest BCUT2D eigenvalue weighted by molar-refractivity contribution is 5.80. The minimum atomic E-state index is -0.878. The number of aromatic nitrogens is 4. The summed E-state index contributed by atoms with van der Waals surface area (Å²) in [6.07, 6.45) is 6.33. The molecule has 3 aromatic heterocycles. The van der Waals surface area contributed by atoms with E-state index in [0.29, 0.717) is 22.3 Å². The average molecular weight is 466 g/mol. The Morgan fingerprint density at radius 2 is 1.94 bits per heavy atom. The molecule has 2 aliphatic rings. The average Bonchev–Trinajstić information content (AvgIpc) is 3.35. The third kappa shape index (κ3) is 4.07. The first-order valence-corrected chi connectivity index (χ1v) is 12.0. The SMILES string of the molecule is Cc1c(C(C)O)c(=O)n(C2CCCC2)c2nc(/N=c3/ccc(N4CCNCC4)cn3O)ncc12. The molecule has 1 aliphatic carbocycles. The molecule has 180 valence electrons. The van der Waals surface area contributed by atoms with Gasteiger partial charge in [0.25, 0.3) is 11.5 Å². The lowest BCUT2D eigenvalue weighted by Gasteiger charge is -2.29. The number of aliphatic hydroxyl groups excluding tert-OH is 1. The van der Waals surface area contributed by atoms with Crippen molar-refractivity contribution in [2.24, 2.45) is 4.99 Å². The van der Waals surface area contributed by atoms with Crippen molar-refractivity contribution in [2.45, 2.75) is 51.7 Å². The maximum absolute atomic E-state index is 13.4. The second-order valence-electron chi connectivity index (χ2n) is 9.17. The molecule has 34 heavy (non-hydrogen) atoms. The van der Waals surface area contributed by atoms with E-state index in [-0.39, 0.29) is 17.5 Å². The van der Waals surface area contributed by atoms with Crippen LogP contribution in [-0.2, 0) is 0 Å². The Kier molecular flexibility index (Phi) is 6.09. The van der Waals surface area contributed by atoms with Crippen LogP contribution in [0.4, 0.5) is 11.6 Å². The lowest BCUT2D eigenvalue weighted by Crippen LogP contribution is -2.43. The van der Waals surface area contributed by atoms with Gasteiger partial charge in [-0.3, -0.25) is 9.36 Å². The number of pyridine rings is 2. The summed E-state index contributed by atoms with van der Waals surface area (Å²) in [5.74, 6) is 0.167. The van der Waals surface area contributed by atoms with E-state index >= 15 is 0 Å². The van der Waals surface area contributed by atoms with Crippen LogP contribution >= 0.6 is 0 Å². The van der Waals surface area contributed by atoms with E-state index in [1.807, 2.05) is 13.0 Å². The van der Waals surface area contributed by atoms with Gasteiger partial charge < -0.3 is 20.5 Å². The molecule has 0 spiro atoms. The van der Waals surface area contributed by atoms with Crippen LogP contribution in [0.1, 0.15) is 55.9 Å². The predicted octanol–water partition coefficient (Wildman–Crippen LogP) is 1.95. The highest BCUT2D eigenvalue weighted by Gasteiger charge is 2.25. The highest BCUT2D eigenvalue weighted by Crippen LogP contribution is 2.32. The van der Waals surface area contributed by atoms with E-state index < -0.39 is 6.10 Å². The molecule has 1 unspecified atom stereocenters. The zero-order chi connectivity index (χ0) is 23.8. The molecular weight excluding hydrogens is 434 g/mol. The minimum absolute atomic E-state index is 0.0388. The monoisotopic (exact) mass is 465 g/mol. The van der Waals surface area contributed by atoms with Crippen molar-refractivity contribution in [3.63, 3.8) is 0 Å². The number of nitrogens with zero attached hydrogens (tertiary/aromatic N) is 6. The first-order valence-electron chi connectivity index (χ1n) is 12.0. The lowest BCUT2D eigenvalue weighted by molar-refractivity contribution is 0.172. The molecule has 0 bridgehead atoms.